The van der Waals surface area contributed by atoms with Crippen LogP contribution in [0.25, 0.3) is 11.0 Å². The van der Waals surface area contributed by atoms with E-state index in [0.717, 1.165) is 5.69 Å². The highest BCUT2D eigenvalue weighted by molar-refractivity contribution is 5.97. The Balaban J connectivity index is 1.65. The van der Waals surface area contributed by atoms with Crippen LogP contribution in [0.3, 0.4) is 0 Å². The maximum atomic E-state index is 12.3. The molecule has 2 heterocycles. The van der Waals surface area contributed by atoms with E-state index in [9.17, 15) is 19.2 Å². The van der Waals surface area contributed by atoms with E-state index in [-0.39, 0.29) is 29.9 Å². The molecule has 0 aliphatic rings. The Hall–Kier alpha value is -4.35. The standard InChI is InChI=1S/C20H22N6O6/c1-26-12(8-14-16(26)18(30)25-20(21)24-14)9-22-11-4-2-10(3-5-11)17(29)23-13(19(31)32)6-7-15(27)28/h2-5,8,13,22H,6-7,9H2,1H3,(H,23,29)(H,27,28)(H,31,32)(H3,21,24,25,30)/t13-/m0/s1. The van der Waals surface area contributed by atoms with Crippen LogP contribution in [0.1, 0.15) is 28.9 Å². The fraction of sp³-hybridized carbons (Fsp3) is 0.250. The summed E-state index contributed by atoms with van der Waals surface area (Å²) in [5.74, 6) is -3.03. The van der Waals surface area contributed by atoms with Gasteiger partial charge in [0.05, 0.1) is 12.1 Å². The Morgan fingerprint density at radius 2 is 1.91 bits per heavy atom. The summed E-state index contributed by atoms with van der Waals surface area (Å²) in [6.45, 7) is 0.369. The highest BCUT2D eigenvalue weighted by Gasteiger charge is 2.21. The van der Waals surface area contributed by atoms with Gasteiger partial charge in [0.2, 0.25) is 5.95 Å². The summed E-state index contributed by atoms with van der Waals surface area (Å²) in [6, 6.07) is 6.78. The highest BCUT2D eigenvalue weighted by Crippen LogP contribution is 2.16. The van der Waals surface area contributed by atoms with Gasteiger partial charge in [-0.15, -0.1) is 0 Å². The van der Waals surface area contributed by atoms with Crippen LogP contribution >= 0.6 is 0 Å². The molecular formula is C20H22N6O6. The third-order valence-corrected chi connectivity index (χ3v) is 4.88. The van der Waals surface area contributed by atoms with Crippen molar-refractivity contribution in [3.8, 4) is 0 Å². The Kier molecular flexibility index (Phi) is 6.42. The topological polar surface area (TPSA) is 192 Å². The van der Waals surface area contributed by atoms with Crippen molar-refractivity contribution in [1.82, 2.24) is 19.9 Å². The van der Waals surface area contributed by atoms with Gasteiger partial charge in [0.25, 0.3) is 11.5 Å². The minimum atomic E-state index is -1.30. The molecule has 0 saturated heterocycles. The summed E-state index contributed by atoms with van der Waals surface area (Å²) in [4.78, 5) is 52.8. The molecule has 3 aromatic rings. The minimum absolute atomic E-state index is 0.0366. The van der Waals surface area contributed by atoms with E-state index in [1.54, 1.807) is 29.8 Å². The first-order valence-corrected chi connectivity index (χ1v) is 9.59. The Bertz CT molecular complexity index is 1230. The monoisotopic (exact) mass is 442 g/mol. The van der Waals surface area contributed by atoms with Crippen molar-refractivity contribution in [2.75, 3.05) is 11.1 Å². The number of benzene rings is 1. The van der Waals surface area contributed by atoms with Crippen molar-refractivity contribution < 1.29 is 24.6 Å². The number of carboxylic acid groups (broad SMARTS) is 2. The molecule has 32 heavy (non-hydrogen) atoms. The van der Waals surface area contributed by atoms with Gasteiger partial charge in [0.1, 0.15) is 11.6 Å². The molecule has 0 bridgehead atoms. The van der Waals surface area contributed by atoms with Crippen molar-refractivity contribution in [3.05, 3.63) is 51.9 Å². The van der Waals surface area contributed by atoms with E-state index in [2.05, 4.69) is 20.6 Å². The summed E-state index contributed by atoms with van der Waals surface area (Å²) in [5, 5.41) is 23.4. The number of amides is 1. The van der Waals surface area contributed by atoms with E-state index in [0.29, 0.717) is 23.3 Å². The molecule has 0 aliphatic heterocycles. The molecule has 0 fully saturated rings. The fourth-order valence-corrected chi connectivity index (χ4v) is 3.19. The molecule has 0 aliphatic carbocycles. The van der Waals surface area contributed by atoms with Crippen LogP contribution < -0.4 is 21.9 Å². The Morgan fingerprint density at radius 1 is 1.22 bits per heavy atom. The smallest absolute Gasteiger partial charge is 0.326 e. The molecule has 7 N–H and O–H groups in total. The van der Waals surface area contributed by atoms with Crippen LogP contribution in [0.15, 0.2) is 35.1 Å². The highest BCUT2D eigenvalue weighted by atomic mass is 16.4. The number of nitrogens with two attached hydrogens (primary N) is 1. The number of carbonyl (C=O) groups is 3. The van der Waals surface area contributed by atoms with Crippen molar-refractivity contribution in [2.45, 2.75) is 25.4 Å². The molecule has 0 spiro atoms. The number of aromatic nitrogens is 3. The predicted octanol–water partition coefficient (Wildman–Crippen LogP) is 0.504. The zero-order chi connectivity index (χ0) is 23.4. The molecule has 168 valence electrons. The number of nitrogens with zero attached hydrogens (tertiary/aromatic N) is 2. The van der Waals surface area contributed by atoms with E-state index in [1.807, 2.05) is 0 Å². The van der Waals surface area contributed by atoms with Gasteiger partial charge in [0, 0.05) is 30.4 Å². The quantitative estimate of drug-likeness (QED) is 0.274. The summed E-state index contributed by atoms with van der Waals surface area (Å²) >= 11 is 0. The number of H-pyrrole nitrogens is 1. The largest absolute Gasteiger partial charge is 0.481 e. The third-order valence-electron chi connectivity index (χ3n) is 4.88. The first-order valence-electron chi connectivity index (χ1n) is 9.59. The number of nitrogens with one attached hydrogen (secondary N) is 3. The van der Waals surface area contributed by atoms with Gasteiger partial charge in [-0.2, -0.15) is 0 Å². The maximum absolute atomic E-state index is 12.3. The van der Waals surface area contributed by atoms with Crippen LogP contribution in [-0.4, -0.2) is 48.6 Å². The zero-order valence-electron chi connectivity index (χ0n) is 17.1. The average molecular weight is 442 g/mol. The van der Waals surface area contributed by atoms with E-state index in [1.165, 1.54) is 12.1 Å². The molecule has 12 nitrogen and oxygen atoms in total. The molecule has 0 unspecified atom stereocenters. The van der Waals surface area contributed by atoms with Gasteiger partial charge in [-0.1, -0.05) is 0 Å². The second-order valence-corrected chi connectivity index (χ2v) is 7.11. The molecule has 12 heteroatoms. The molecule has 3 rings (SSSR count). The Labute approximate surface area is 181 Å². The lowest BCUT2D eigenvalue weighted by atomic mass is 10.1. The lowest BCUT2D eigenvalue weighted by Crippen LogP contribution is -2.41. The van der Waals surface area contributed by atoms with Gasteiger partial charge in [0.15, 0.2) is 0 Å². The number of aromatic amines is 1. The number of hydrogen-bond acceptors (Lipinski definition) is 7. The van der Waals surface area contributed by atoms with Crippen molar-refractivity contribution >= 4 is 40.5 Å². The molecule has 0 radical (unpaired) electrons. The van der Waals surface area contributed by atoms with Crippen LogP contribution in [-0.2, 0) is 23.2 Å². The minimum Gasteiger partial charge on any atom is -0.481 e. The maximum Gasteiger partial charge on any atom is 0.326 e. The summed E-state index contributed by atoms with van der Waals surface area (Å²) in [6.07, 6.45) is -0.591. The van der Waals surface area contributed by atoms with Gasteiger partial charge < -0.3 is 31.1 Å². The van der Waals surface area contributed by atoms with Crippen LogP contribution in [0.5, 0.6) is 0 Å². The van der Waals surface area contributed by atoms with E-state index >= 15 is 0 Å². The lowest BCUT2D eigenvalue weighted by molar-refractivity contribution is -0.140. The number of nitrogen functional groups attached to an aromatic ring is 1. The second kappa shape index (κ2) is 9.20. The Morgan fingerprint density at radius 3 is 2.53 bits per heavy atom. The first kappa shape index (κ1) is 22.3. The number of fused-ring (bicyclic) bond motifs is 1. The molecule has 2 aromatic heterocycles. The van der Waals surface area contributed by atoms with Crippen molar-refractivity contribution in [1.29, 1.82) is 0 Å². The number of aryl methyl sites for hydroxylation is 1. The number of carboxylic acids is 2. The van der Waals surface area contributed by atoms with E-state index in [4.69, 9.17) is 15.9 Å². The molecule has 1 amide bonds. The SMILES string of the molecule is Cn1c(CNc2ccc(C(=O)N[C@@H](CCC(=O)O)C(=O)O)cc2)cc2nc(N)[nH]c(=O)c21. The molecule has 0 saturated carbocycles. The molecule has 1 aromatic carbocycles. The molecule has 1 atom stereocenters. The lowest BCUT2D eigenvalue weighted by Gasteiger charge is -2.14. The van der Waals surface area contributed by atoms with Crippen LogP contribution in [0.2, 0.25) is 0 Å². The number of hydrogen-bond donors (Lipinski definition) is 6. The van der Waals surface area contributed by atoms with Gasteiger partial charge >= 0.3 is 11.9 Å². The fourth-order valence-electron chi connectivity index (χ4n) is 3.19. The van der Waals surface area contributed by atoms with Gasteiger partial charge in [-0.05, 0) is 36.8 Å². The van der Waals surface area contributed by atoms with Crippen LogP contribution in [0, 0.1) is 0 Å². The van der Waals surface area contributed by atoms with Gasteiger partial charge in [-0.3, -0.25) is 19.4 Å². The average Bonchev–Trinajstić information content (AvgIpc) is 3.04. The second-order valence-electron chi connectivity index (χ2n) is 7.11. The van der Waals surface area contributed by atoms with Crippen molar-refractivity contribution in [3.63, 3.8) is 0 Å². The third kappa shape index (κ3) is 5.03. The van der Waals surface area contributed by atoms with Crippen molar-refractivity contribution in [2.24, 2.45) is 7.05 Å². The zero-order valence-corrected chi connectivity index (χ0v) is 17.1. The number of rotatable bonds is 9. The summed E-state index contributed by atoms with van der Waals surface area (Å²) < 4.78 is 1.71. The number of carbonyl (C=O) groups excluding carboxylic acids is 1. The predicted molar refractivity (Wildman–Crippen MR) is 115 cm³/mol. The van der Waals surface area contributed by atoms with Crippen LogP contribution in [0.4, 0.5) is 11.6 Å². The summed E-state index contributed by atoms with van der Waals surface area (Å²) in [7, 11) is 1.74. The first-order chi connectivity index (χ1) is 15.2. The summed E-state index contributed by atoms with van der Waals surface area (Å²) in [5.41, 5.74) is 7.83. The van der Waals surface area contributed by atoms with Gasteiger partial charge in [-0.25, -0.2) is 9.78 Å². The number of anilines is 2. The van der Waals surface area contributed by atoms with E-state index < -0.39 is 23.9 Å². The number of aliphatic carboxylic acids is 2. The normalized spacial score (nSPS) is 11.8. The molecular weight excluding hydrogens is 420 g/mol.